The van der Waals surface area contributed by atoms with Crippen LogP contribution < -0.4 is 5.32 Å². The van der Waals surface area contributed by atoms with Crippen molar-refractivity contribution in [1.29, 1.82) is 0 Å². The molecular weight excluding hydrogens is 280 g/mol. The molecule has 0 saturated carbocycles. The summed E-state index contributed by atoms with van der Waals surface area (Å²) in [6.07, 6.45) is 0. The Hall–Kier alpha value is -1.59. The average molecular weight is 306 g/mol. The molecule has 5 nitrogen and oxygen atoms in total. The summed E-state index contributed by atoms with van der Waals surface area (Å²) < 4.78 is 11.0. The van der Waals surface area contributed by atoms with Gasteiger partial charge < -0.3 is 19.7 Å². The first-order valence-electron chi connectivity index (χ1n) is 7.76. The Bertz CT molecular complexity index is 491. The molecule has 0 bridgehead atoms. The minimum atomic E-state index is -0.152. The fourth-order valence-electron chi connectivity index (χ4n) is 2.19. The molecule has 1 aromatic carbocycles. The second kappa shape index (κ2) is 7.61. The van der Waals surface area contributed by atoms with Crippen LogP contribution in [0.3, 0.4) is 0 Å². The van der Waals surface area contributed by atoms with Gasteiger partial charge in [-0.15, -0.1) is 0 Å². The fourth-order valence-corrected chi connectivity index (χ4v) is 2.19. The van der Waals surface area contributed by atoms with Gasteiger partial charge in [0.15, 0.2) is 0 Å². The number of morpholine rings is 1. The number of amides is 2. The minimum absolute atomic E-state index is 0.0281. The van der Waals surface area contributed by atoms with E-state index in [0.717, 1.165) is 11.1 Å². The van der Waals surface area contributed by atoms with E-state index in [1.807, 2.05) is 39.0 Å². The van der Waals surface area contributed by atoms with Crippen LogP contribution in [0, 0.1) is 0 Å². The molecular formula is C17H26N2O3. The van der Waals surface area contributed by atoms with Crippen molar-refractivity contribution in [2.24, 2.45) is 0 Å². The molecule has 1 heterocycles. The van der Waals surface area contributed by atoms with Crippen molar-refractivity contribution in [2.45, 2.75) is 39.5 Å². The van der Waals surface area contributed by atoms with E-state index in [2.05, 4.69) is 11.4 Å². The smallest absolute Gasteiger partial charge is 0.317 e. The first-order chi connectivity index (χ1) is 10.4. The van der Waals surface area contributed by atoms with Gasteiger partial charge in [-0.25, -0.2) is 4.79 Å². The minimum Gasteiger partial charge on any atom is -0.378 e. The monoisotopic (exact) mass is 306 g/mol. The lowest BCUT2D eigenvalue weighted by molar-refractivity contribution is -0.0149. The summed E-state index contributed by atoms with van der Waals surface area (Å²) in [4.78, 5) is 13.8. The molecule has 1 saturated heterocycles. The molecule has 2 amide bonds. The second-order valence-electron chi connectivity index (χ2n) is 6.48. The van der Waals surface area contributed by atoms with Crippen molar-refractivity contribution >= 4 is 6.03 Å². The van der Waals surface area contributed by atoms with Gasteiger partial charge in [-0.1, -0.05) is 24.3 Å². The van der Waals surface area contributed by atoms with Crippen molar-refractivity contribution in [1.82, 2.24) is 10.2 Å². The average Bonchev–Trinajstić information content (AvgIpc) is 2.51. The normalized spacial score (nSPS) is 15.7. The number of benzene rings is 1. The number of nitrogens with one attached hydrogen (secondary N) is 1. The predicted molar refractivity (Wildman–Crippen MR) is 85.6 cm³/mol. The van der Waals surface area contributed by atoms with Crippen molar-refractivity contribution in [3.63, 3.8) is 0 Å². The summed E-state index contributed by atoms with van der Waals surface area (Å²) in [7, 11) is 0. The van der Waals surface area contributed by atoms with Gasteiger partial charge in [0, 0.05) is 19.6 Å². The third kappa shape index (κ3) is 5.66. The Morgan fingerprint density at radius 1 is 1.27 bits per heavy atom. The molecule has 0 radical (unpaired) electrons. The quantitative estimate of drug-likeness (QED) is 0.930. The number of ether oxygens (including phenoxy) is 2. The molecule has 0 aliphatic carbocycles. The lowest BCUT2D eigenvalue weighted by atomic mass is 10.1. The van der Waals surface area contributed by atoms with E-state index >= 15 is 0 Å². The fraction of sp³-hybridized carbons (Fsp3) is 0.588. The molecule has 0 spiro atoms. The maximum atomic E-state index is 12.0. The van der Waals surface area contributed by atoms with Crippen LogP contribution in [-0.2, 0) is 22.6 Å². The zero-order chi connectivity index (χ0) is 16.0. The van der Waals surface area contributed by atoms with Gasteiger partial charge in [-0.05, 0) is 31.9 Å². The summed E-state index contributed by atoms with van der Waals surface area (Å²) in [6.45, 7) is 9.78. The number of rotatable bonds is 4. The Balaban J connectivity index is 1.83. The third-order valence-electron chi connectivity index (χ3n) is 3.41. The summed E-state index contributed by atoms with van der Waals surface area (Å²) >= 11 is 0. The molecule has 22 heavy (non-hydrogen) atoms. The Kier molecular flexibility index (Phi) is 5.80. The van der Waals surface area contributed by atoms with Gasteiger partial charge in [0.2, 0.25) is 0 Å². The van der Waals surface area contributed by atoms with Crippen LogP contribution in [0.15, 0.2) is 24.3 Å². The number of carbonyl (C=O) groups excluding carboxylic acids is 1. The highest BCUT2D eigenvalue weighted by Crippen LogP contribution is 2.13. The van der Waals surface area contributed by atoms with Crippen molar-refractivity contribution in [2.75, 3.05) is 26.3 Å². The predicted octanol–water partition coefficient (Wildman–Crippen LogP) is 2.54. The maximum Gasteiger partial charge on any atom is 0.317 e. The highest BCUT2D eigenvalue weighted by Gasteiger charge is 2.16. The summed E-state index contributed by atoms with van der Waals surface area (Å²) in [6, 6.07) is 8.10. The zero-order valence-corrected chi connectivity index (χ0v) is 13.7. The highest BCUT2D eigenvalue weighted by molar-refractivity contribution is 5.74. The van der Waals surface area contributed by atoms with E-state index in [0.29, 0.717) is 39.5 Å². The van der Waals surface area contributed by atoms with Crippen molar-refractivity contribution in [3.05, 3.63) is 35.4 Å². The molecule has 1 fully saturated rings. The second-order valence-corrected chi connectivity index (χ2v) is 6.48. The van der Waals surface area contributed by atoms with Gasteiger partial charge in [0.25, 0.3) is 0 Å². The molecule has 0 aromatic heterocycles. The van der Waals surface area contributed by atoms with E-state index in [1.54, 1.807) is 4.90 Å². The van der Waals surface area contributed by atoms with E-state index in [-0.39, 0.29) is 11.6 Å². The first kappa shape index (κ1) is 16.8. The molecule has 5 heteroatoms. The van der Waals surface area contributed by atoms with Crippen LogP contribution in [0.5, 0.6) is 0 Å². The summed E-state index contributed by atoms with van der Waals surface area (Å²) in [5.74, 6) is 0. The summed E-state index contributed by atoms with van der Waals surface area (Å²) in [5.41, 5.74) is 2.05. The van der Waals surface area contributed by atoms with Gasteiger partial charge in [0.1, 0.15) is 0 Å². The first-order valence-corrected chi connectivity index (χ1v) is 7.76. The van der Waals surface area contributed by atoms with E-state index in [9.17, 15) is 4.79 Å². The maximum absolute atomic E-state index is 12.0. The Labute approximate surface area is 132 Å². The lowest BCUT2D eigenvalue weighted by Gasteiger charge is -2.27. The van der Waals surface area contributed by atoms with Crippen LogP contribution in [0.2, 0.25) is 0 Å². The van der Waals surface area contributed by atoms with Crippen molar-refractivity contribution < 1.29 is 14.3 Å². The Morgan fingerprint density at radius 3 is 2.64 bits per heavy atom. The van der Waals surface area contributed by atoms with E-state index in [1.165, 1.54) is 0 Å². The van der Waals surface area contributed by atoms with E-state index in [4.69, 9.17) is 9.47 Å². The summed E-state index contributed by atoms with van der Waals surface area (Å²) in [5, 5.41) is 2.96. The molecule has 1 aliphatic rings. The number of carbonyl (C=O) groups is 1. The Morgan fingerprint density at radius 2 is 1.95 bits per heavy atom. The molecule has 0 unspecified atom stereocenters. The van der Waals surface area contributed by atoms with Crippen molar-refractivity contribution in [3.8, 4) is 0 Å². The topological polar surface area (TPSA) is 50.8 Å². The third-order valence-corrected chi connectivity index (χ3v) is 3.41. The number of urea groups is 1. The number of hydrogen-bond acceptors (Lipinski definition) is 3. The SMILES string of the molecule is CC(C)(C)OCc1cccc(CNC(=O)N2CCOCC2)c1. The molecule has 1 aromatic rings. The van der Waals surface area contributed by atoms with Crippen LogP contribution in [0.4, 0.5) is 4.79 Å². The van der Waals surface area contributed by atoms with Crippen LogP contribution in [0.1, 0.15) is 31.9 Å². The van der Waals surface area contributed by atoms with Crippen LogP contribution in [-0.4, -0.2) is 42.8 Å². The zero-order valence-electron chi connectivity index (χ0n) is 13.7. The van der Waals surface area contributed by atoms with Gasteiger partial charge in [0.05, 0.1) is 25.4 Å². The largest absolute Gasteiger partial charge is 0.378 e. The van der Waals surface area contributed by atoms with Gasteiger partial charge in [-0.2, -0.15) is 0 Å². The molecule has 0 atom stereocenters. The van der Waals surface area contributed by atoms with Gasteiger partial charge in [-0.3, -0.25) is 0 Å². The number of hydrogen-bond donors (Lipinski definition) is 1. The molecule has 1 aliphatic heterocycles. The van der Waals surface area contributed by atoms with Crippen LogP contribution >= 0.6 is 0 Å². The van der Waals surface area contributed by atoms with E-state index < -0.39 is 0 Å². The molecule has 2 rings (SSSR count). The lowest BCUT2D eigenvalue weighted by Crippen LogP contribution is -2.45. The number of nitrogens with zero attached hydrogens (tertiary/aromatic N) is 1. The molecule has 1 N–H and O–H groups in total. The van der Waals surface area contributed by atoms with Crippen LogP contribution in [0.25, 0.3) is 0 Å². The standard InChI is InChI=1S/C17H26N2O3/c1-17(2,3)22-13-15-6-4-5-14(11-15)12-18-16(20)19-7-9-21-10-8-19/h4-6,11H,7-10,12-13H2,1-3H3,(H,18,20). The molecule has 122 valence electrons. The van der Waals surface area contributed by atoms with Gasteiger partial charge >= 0.3 is 6.03 Å². The highest BCUT2D eigenvalue weighted by atomic mass is 16.5.